The Hall–Kier alpha value is -6.44. The Morgan fingerprint density at radius 3 is 1.44 bits per heavy atom. The molecule has 2 aromatic carbocycles. The van der Waals surface area contributed by atoms with Gasteiger partial charge in [-0.25, -0.2) is 4.79 Å². The lowest BCUT2D eigenvalue weighted by molar-refractivity contribution is -0.143. The second-order valence-corrected chi connectivity index (χ2v) is 16.9. The smallest absolute Gasteiger partial charge is 0.326 e. The molecule has 15 N–H and O–H groups in total. The van der Waals surface area contributed by atoms with Crippen molar-refractivity contribution in [1.82, 2.24) is 37.2 Å². The number of hydrogen-bond acceptors (Lipinski definition) is 15. The van der Waals surface area contributed by atoms with Crippen molar-refractivity contribution in [3.63, 3.8) is 0 Å². The second kappa shape index (κ2) is 28.7. The van der Waals surface area contributed by atoms with Gasteiger partial charge in [-0.1, -0.05) is 56.3 Å². The van der Waals surface area contributed by atoms with Gasteiger partial charge in [0.05, 0.1) is 18.6 Å². The van der Waals surface area contributed by atoms with E-state index in [4.69, 9.17) is 11.5 Å². The standard InChI is InChI=1S/C43H61N9O14S2/c1-21(2)15-30(43(65)66)49-37(59)27(13-14-34(56)57)46-40(62)31(19-67)51-41(63)32(20-68)50-39(61)28(17-24-9-11-25(54)12-10-24)47-38(60)29(16-23-7-5-4-6-8-23)48-42(64)35(22(3)53)52-36(58)26(44)18-33(45)55/h4-12,21-22,26-32,35,53-54,67-68H,13-20,44H2,1-3H3,(H2,45,55)(H,46,62)(H,47,60)(H,48,64)(H,49,59)(H,50,61)(H,51,63)(H,52,58)(H,56,57)(H,65,66). The van der Waals surface area contributed by atoms with Gasteiger partial charge in [-0.3, -0.25) is 43.2 Å². The molecule has 0 spiro atoms. The van der Waals surface area contributed by atoms with Crippen molar-refractivity contribution in [2.45, 2.75) is 114 Å². The molecule has 0 saturated carbocycles. The number of thiol groups is 2. The number of amides is 8. The minimum atomic E-state index is -1.69. The van der Waals surface area contributed by atoms with Crippen LogP contribution in [0.5, 0.6) is 5.75 Å². The van der Waals surface area contributed by atoms with Crippen molar-refractivity contribution in [3.05, 3.63) is 65.7 Å². The Morgan fingerprint density at radius 1 is 0.574 bits per heavy atom. The highest BCUT2D eigenvalue weighted by molar-refractivity contribution is 7.80. The molecule has 8 amide bonds. The van der Waals surface area contributed by atoms with Crippen molar-refractivity contribution >= 4 is 84.5 Å². The van der Waals surface area contributed by atoms with E-state index >= 15 is 0 Å². The molecule has 0 aromatic heterocycles. The topological polar surface area (TPSA) is 388 Å². The van der Waals surface area contributed by atoms with Crippen LogP contribution in [0.1, 0.15) is 57.6 Å². The highest BCUT2D eigenvalue weighted by Crippen LogP contribution is 2.14. The number of primary amides is 1. The van der Waals surface area contributed by atoms with Crippen molar-refractivity contribution in [2.75, 3.05) is 11.5 Å². The molecule has 0 fully saturated rings. The van der Waals surface area contributed by atoms with E-state index < -0.39 is 133 Å². The summed E-state index contributed by atoms with van der Waals surface area (Å²) in [4.78, 5) is 129. The van der Waals surface area contributed by atoms with E-state index in [0.717, 1.165) is 0 Å². The molecule has 0 saturated heterocycles. The van der Waals surface area contributed by atoms with Gasteiger partial charge in [0.15, 0.2) is 0 Å². The average molecular weight is 992 g/mol. The van der Waals surface area contributed by atoms with Crippen LogP contribution in [0.15, 0.2) is 54.6 Å². The SMILES string of the molecule is CC(C)CC(NC(=O)C(CCC(=O)O)NC(=O)C(CS)NC(=O)C(CS)NC(=O)C(Cc1ccc(O)cc1)NC(=O)C(Cc1ccccc1)NC(=O)C(NC(=O)C(N)CC(N)=O)C(C)O)C(=O)O. The molecule has 23 nitrogen and oxygen atoms in total. The summed E-state index contributed by atoms with van der Waals surface area (Å²) in [5, 5.41) is 56.0. The Labute approximate surface area is 402 Å². The van der Waals surface area contributed by atoms with E-state index in [-0.39, 0.29) is 42.4 Å². The number of phenols is 1. The number of aromatic hydroxyl groups is 1. The van der Waals surface area contributed by atoms with Crippen molar-refractivity contribution in [3.8, 4) is 5.75 Å². The molecule has 9 unspecified atom stereocenters. The van der Waals surface area contributed by atoms with Gasteiger partial charge in [-0.05, 0) is 48.9 Å². The van der Waals surface area contributed by atoms with Gasteiger partial charge in [0.1, 0.15) is 48.0 Å². The molecule has 25 heteroatoms. The third-order valence-corrected chi connectivity index (χ3v) is 10.7. The maximum atomic E-state index is 14.2. The number of carboxylic acid groups (broad SMARTS) is 2. The van der Waals surface area contributed by atoms with Crippen LogP contribution in [0, 0.1) is 5.92 Å². The highest BCUT2D eigenvalue weighted by atomic mass is 32.1. The van der Waals surface area contributed by atoms with Crippen LogP contribution in [-0.4, -0.2) is 146 Å². The molecule has 0 bridgehead atoms. The van der Waals surface area contributed by atoms with Crippen LogP contribution in [-0.2, 0) is 60.8 Å². The number of carbonyl (C=O) groups is 10. The molecular weight excluding hydrogens is 931 g/mol. The van der Waals surface area contributed by atoms with Crippen LogP contribution >= 0.6 is 25.3 Å². The van der Waals surface area contributed by atoms with Gasteiger partial charge in [0, 0.05) is 30.8 Å². The van der Waals surface area contributed by atoms with Crippen LogP contribution in [0.25, 0.3) is 0 Å². The first-order chi connectivity index (χ1) is 31.9. The molecule has 0 aliphatic rings. The molecule has 2 rings (SSSR count). The number of carbonyl (C=O) groups excluding carboxylic acids is 8. The molecule has 68 heavy (non-hydrogen) atoms. The minimum absolute atomic E-state index is 0.0279. The van der Waals surface area contributed by atoms with E-state index in [1.165, 1.54) is 31.2 Å². The molecule has 0 aliphatic carbocycles. The molecule has 374 valence electrons. The van der Waals surface area contributed by atoms with Gasteiger partial charge >= 0.3 is 11.9 Å². The zero-order valence-electron chi connectivity index (χ0n) is 37.5. The predicted octanol–water partition coefficient (Wildman–Crippen LogP) is -2.99. The summed E-state index contributed by atoms with van der Waals surface area (Å²) < 4.78 is 0. The fourth-order valence-corrected chi connectivity index (χ4v) is 6.87. The molecule has 0 radical (unpaired) electrons. The summed E-state index contributed by atoms with van der Waals surface area (Å²) in [6.07, 6.45) is -3.57. The monoisotopic (exact) mass is 991 g/mol. The van der Waals surface area contributed by atoms with Crippen LogP contribution in [0.4, 0.5) is 0 Å². The third-order valence-electron chi connectivity index (χ3n) is 9.98. The first-order valence-corrected chi connectivity index (χ1v) is 22.5. The molecule has 2 aromatic rings. The van der Waals surface area contributed by atoms with Gasteiger partial charge in [-0.2, -0.15) is 25.3 Å². The number of aliphatic hydroxyl groups is 1. The highest BCUT2D eigenvalue weighted by Gasteiger charge is 2.35. The van der Waals surface area contributed by atoms with Crippen LogP contribution < -0.4 is 48.7 Å². The maximum absolute atomic E-state index is 14.2. The zero-order chi connectivity index (χ0) is 51.2. The Morgan fingerprint density at radius 2 is 1.00 bits per heavy atom. The summed E-state index contributed by atoms with van der Waals surface area (Å²) >= 11 is 8.34. The number of aliphatic carboxylic acids is 2. The number of phenolic OH excluding ortho intramolecular Hbond substituents is 1. The average Bonchev–Trinajstić information content (AvgIpc) is 3.27. The van der Waals surface area contributed by atoms with Crippen molar-refractivity contribution in [1.29, 1.82) is 0 Å². The quantitative estimate of drug-likeness (QED) is 0.0362. The molecule has 0 heterocycles. The zero-order valence-corrected chi connectivity index (χ0v) is 39.3. The number of benzene rings is 2. The summed E-state index contributed by atoms with van der Waals surface area (Å²) in [6.45, 7) is 4.62. The molecule has 9 atom stereocenters. The second-order valence-electron chi connectivity index (χ2n) is 16.2. The van der Waals surface area contributed by atoms with Crippen molar-refractivity contribution in [2.24, 2.45) is 17.4 Å². The Kier molecular flexibility index (Phi) is 24.3. The fourth-order valence-electron chi connectivity index (χ4n) is 6.35. The number of nitrogens with two attached hydrogens (primary N) is 2. The third kappa shape index (κ3) is 20.2. The van der Waals surface area contributed by atoms with E-state index in [0.29, 0.717) is 11.1 Å². The lowest BCUT2D eigenvalue weighted by Crippen LogP contribution is -2.62. The summed E-state index contributed by atoms with van der Waals surface area (Å²) in [6, 6.07) is 1.82. The molecule has 0 aliphatic heterocycles. The number of rotatable bonds is 29. The van der Waals surface area contributed by atoms with E-state index in [1.807, 2.05) is 0 Å². The number of carboxylic acids is 2. The van der Waals surface area contributed by atoms with Gasteiger partial charge < -0.3 is 69.1 Å². The van der Waals surface area contributed by atoms with Gasteiger partial charge in [0.25, 0.3) is 0 Å². The Bertz CT molecular complexity index is 2080. The normalized spacial score (nSPS) is 15.0. The number of hydrogen-bond donors (Lipinski definition) is 15. The van der Waals surface area contributed by atoms with Gasteiger partial charge in [-0.15, -0.1) is 0 Å². The predicted molar refractivity (Wildman–Crippen MR) is 251 cm³/mol. The molecular formula is C43H61N9O14S2. The van der Waals surface area contributed by atoms with E-state index in [2.05, 4.69) is 62.5 Å². The van der Waals surface area contributed by atoms with Gasteiger partial charge in [0.2, 0.25) is 47.3 Å². The largest absolute Gasteiger partial charge is 0.508 e. The van der Waals surface area contributed by atoms with E-state index in [1.54, 1.807) is 44.2 Å². The van der Waals surface area contributed by atoms with Crippen molar-refractivity contribution < 1.29 is 68.4 Å². The van der Waals surface area contributed by atoms with Crippen LogP contribution in [0.2, 0.25) is 0 Å². The van der Waals surface area contributed by atoms with E-state index in [9.17, 15) is 68.4 Å². The first kappa shape index (κ1) is 57.7. The summed E-state index contributed by atoms with van der Waals surface area (Å²) in [7, 11) is 0. The lowest BCUT2D eigenvalue weighted by atomic mass is 10.0. The fraction of sp³-hybridized carbons (Fsp3) is 0.488. The van der Waals surface area contributed by atoms with Crippen LogP contribution in [0.3, 0.4) is 0 Å². The number of nitrogens with one attached hydrogen (secondary N) is 7. The number of aliphatic hydroxyl groups excluding tert-OH is 1. The minimum Gasteiger partial charge on any atom is -0.508 e. The Balaban J connectivity index is 2.40. The maximum Gasteiger partial charge on any atom is 0.326 e. The summed E-state index contributed by atoms with van der Waals surface area (Å²) in [5.74, 6) is -11.5. The first-order valence-electron chi connectivity index (χ1n) is 21.3. The lowest BCUT2D eigenvalue weighted by Gasteiger charge is -2.28. The summed E-state index contributed by atoms with van der Waals surface area (Å²) in [5.41, 5.74) is 11.8.